The first-order chi connectivity index (χ1) is 10.6. The number of carbonyl (C=O) groups is 1. The number of hydrogen-bond donors (Lipinski definition) is 1. The Kier molecular flexibility index (Phi) is 2.97. The third-order valence-corrected chi connectivity index (χ3v) is 4.34. The molecule has 1 unspecified atom stereocenters. The van der Waals surface area contributed by atoms with Crippen LogP contribution in [-0.2, 0) is 11.3 Å². The first-order valence-corrected chi connectivity index (χ1v) is 7.39. The largest absolute Gasteiger partial charge is 0.458 e. The minimum Gasteiger partial charge on any atom is -0.458 e. The Hall–Kier alpha value is -2.28. The molecule has 0 aromatic carbocycles. The van der Waals surface area contributed by atoms with Crippen LogP contribution in [0.15, 0.2) is 28.8 Å². The molecule has 1 spiro atoms. The lowest BCUT2D eigenvalue weighted by Gasteiger charge is -2.21. The number of nitrogens with zero attached hydrogens (tertiary/aromatic N) is 3. The van der Waals surface area contributed by atoms with E-state index in [0.29, 0.717) is 6.54 Å². The minimum absolute atomic E-state index is 0.221. The summed E-state index contributed by atoms with van der Waals surface area (Å²) in [5.41, 5.74) is 0.528. The van der Waals surface area contributed by atoms with Gasteiger partial charge >= 0.3 is 6.09 Å². The summed E-state index contributed by atoms with van der Waals surface area (Å²) in [6.07, 6.45) is 2.35. The topological polar surface area (TPSA) is 74.6 Å². The molecule has 7 heteroatoms. The Morgan fingerprint density at radius 2 is 2.27 bits per heavy atom. The minimum atomic E-state index is -0.343. The number of aromatic amines is 1. The van der Waals surface area contributed by atoms with E-state index in [1.807, 2.05) is 18.2 Å². The molecule has 116 valence electrons. The van der Waals surface area contributed by atoms with Gasteiger partial charge in [-0.3, -0.25) is 10.00 Å². The highest BCUT2D eigenvalue weighted by Gasteiger charge is 2.48. The van der Waals surface area contributed by atoms with E-state index >= 15 is 0 Å². The number of rotatable bonds is 3. The molecule has 2 saturated heterocycles. The summed E-state index contributed by atoms with van der Waals surface area (Å²) in [6.45, 7) is 3.04. The Bertz CT molecular complexity index is 681. The maximum Gasteiger partial charge on any atom is 0.410 e. The number of aromatic nitrogens is 2. The second kappa shape index (κ2) is 4.88. The van der Waals surface area contributed by atoms with Crippen LogP contribution >= 0.6 is 0 Å². The first-order valence-electron chi connectivity index (χ1n) is 7.39. The molecule has 0 aliphatic carbocycles. The molecule has 0 bridgehead atoms. The summed E-state index contributed by atoms with van der Waals surface area (Å²) >= 11 is 0. The molecule has 0 saturated carbocycles. The molecule has 7 nitrogen and oxygen atoms in total. The SMILES string of the molecule is CN1CC2(CCN(Cc3ccc(-c4ccn[nH]4)o3)C2)OC1=O. The van der Waals surface area contributed by atoms with Crippen molar-refractivity contribution in [1.29, 1.82) is 0 Å². The van der Waals surface area contributed by atoms with E-state index in [1.165, 1.54) is 0 Å². The van der Waals surface area contributed by atoms with E-state index in [-0.39, 0.29) is 11.7 Å². The molecule has 1 amide bonds. The Morgan fingerprint density at radius 3 is 3.00 bits per heavy atom. The summed E-state index contributed by atoms with van der Waals surface area (Å²) in [4.78, 5) is 15.5. The van der Waals surface area contributed by atoms with Gasteiger partial charge in [-0.1, -0.05) is 0 Å². The number of nitrogens with one attached hydrogen (secondary N) is 1. The zero-order valence-corrected chi connectivity index (χ0v) is 12.4. The number of H-pyrrole nitrogens is 1. The van der Waals surface area contributed by atoms with Gasteiger partial charge < -0.3 is 14.1 Å². The van der Waals surface area contributed by atoms with Crippen LogP contribution in [0.1, 0.15) is 12.2 Å². The van der Waals surface area contributed by atoms with E-state index in [0.717, 1.165) is 43.3 Å². The van der Waals surface area contributed by atoms with Crippen LogP contribution in [0.2, 0.25) is 0 Å². The molecule has 2 fully saturated rings. The van der Waals surface area contributed by atoms with Gasteiger partial charge in [-0.05, 0) is 18.2 Å². The third-order valence-electron chi connectivity index (χ3n) is 4.34. The number of likely N-dealkylation sites (N-methyl/N-ethyl adjacent to an activating group) is 1. The number of amides is 1. The standard InChI is InChI=1S/C15H18N4O3/c1-18-9-15(22-14(18)20)5-7-19(10-15)8-11-2-3-13(21-11)12-4-6-16-17-12/h2-4,6H,5,7-10H2,1H3,(H,16,17). The van der Waals surface area contributed by atoms with Gasteiger partial charge in [0.25, 0.3) is 0 Å². The van der Waals surface area contributed by atoms with Gasteiger partial charge in [0, 0.05) is 32.8 Å². The Labute approximate surface area is 127 Å². The van der Waals surface area contributed by atoms with Crippen molar-refractivity contribution in [2.24, 2.45) is 0 Å². The molecule has 0 radical (unpaired) electrons. The monoisotopic (exact) mass is 302 g/mol. The molecule has 2 aromatic heterocycles. The van der Waals surface area contributed by atoms with Crippen LogP contribution in [0.25, 0.3) is 11.5 Å². The highest BCUT2D eigenvalue weighted by Crippen LogP contribution is 2.32. The highest BCUT2D eigenvalue weighted by atomic mass is 16.6. The van der Waals surface area contributed by atoms with Crippen molar-refractivity contribution in [3.05, 3.63) is 30.2 Å². The van der Waals surface area contributed by atoms with Gasteiger partial charge in [0.1, 0.15) is 17.1 Å². The fourth-order valence-electron chi connectivity index (χ4n) is 3.29. The van der Waals surface area contributed by atoms with Gasteiger partial charge in [0.2, 0.25) is 0 Å². The lowest BCUT2D eigenvalue weighted by atomic mass is 10.0. The van der Waals surface area contributed by atoms with Crippen molar-refractivity contribution in [2.75, 3.05) is 26.7 Å². The lowest BCUT2D eigenvalue weighted by molar-refractivity contribution is 0.0621. The number of likely N-dealkylation sites (tertiary alicyclic amines) is 1. The molecule has 4 heterocycles. The van der Waals surface area contributed by atoms with Crippen LogP contribution in [-0.4, -0.2) is 58.4 Å². The van der Waals surface area contributed by atoms with Gasteiger partial charge in [-0.15, -0.1) is 0 Å². The summed E-state index contributed by atoms with van der Waals surface area (Å²) in [5, 5.41) is 6.81. The van der Waals surface area contributed by atoms with Crippen molar-refractivity contribution < 1.29 is 13.9 Å². The van der Waals surface area contributed by atoms with Gasteiger partial charge in [0.05, 0.1) is 13.1 Å². The summed E-state index contributed by atoms with van der Waals surface area (Å²) in [6, 6.07) is 5.80. The molecular weight excluding hydrogens is 284 g/mol. The maximum absolute atomic E-state index is 11.6. The molecule has 22 heavy (non-hydrogen) atoms. The van der Waals surface area contributed by atoms with Crippen LogP contribution in [0.3, 0.4) is 0 Å². The highest BCUT2D eigenvalue weighted by molar-refractivity contribution is 5.70. The van der Waals surface area contributed by atoms with Crippen molar-refractivity contribution in [2.45, 2.75) is 18.6 Å². The molecule has 2 aliphatic rings. The van der Waals surface area contributed by atoms with Gasteiger partial charge in [-0.25, -0.2) is 4.79 Å². The summed E-state index contributed by atoms with van der Waals surface area (Å²) < 4.78 is 11.4. The smallest absolute Gasteiger partial charge is 0.410 e. The maximum atomic E-state index is 11.6. The Balaban J connectivity index is 1.42. The second-order valence-electron chi connectivity index (χ2n) is 6.10. The van der Waals surface area contributed by atoms with Crippen LogP contribution in [0, 0.1) is 0 Å². The summed E-state index contributed by atoms with van der Waals surface area (Å²) in [5.74, 6) is 1.69. The molecule has 1 N–H and O–H groups in total. The number of furan rings is 1. The second-order valence-corrected chi connectivity index (χ2v) is 6.10. The zero-order valence-electron chi connectivity index (χ0n) is 12.4. The van der Waals surface area contributed by atoms with Crippen LogP contribution in [0.5, 0.6) is 0 Å². The van der Waals surface area contributed by atoms with E-state index in [2.05, 4.69) is 15.1 Å². The predicted octanol–water partition coefficient (Wildman–Crippen LogP) is 1.70. The molecule has 2 aromatic rings. The average molecular weight is 302 g/mol. The van der Waals surface area contributed by atoms with Gasteiger partial charge in [0.15, 0.2) is 5.76 Å². The van der Waals surface area contributed by atoms with Crippen molar-refractivity contribution in [3.8, 4) is 11.5 Å². The number of hydrogen-bond acceptors (Lipinski definition) is 5. The molecule has 1 atom stereocenters. The Morgan fingerprint density at radius 1 is 1.36 bits per heavy atom. The number of carbonyl (C=O) groups excluding carboxylic acids is 1. The van der Waals surface area contributed by atoms with E-state index in [4.69, 9.17) is 9.15 Å². The van der Waals surface area contributed by atoms with Crippen LogP contribution < -0.4 is 0 Å². The fraction of sp³-hybridized carbons (Fsp3) is 0.467. The van der Waals surface area contributed by atoms with Crippen LogP contribution in [0.4, 0.5) is 4.79 Å². The normalized spacial score (nSPS) is 25.3. The molecule has 4 rings (SSSR count). The van der Waals surface area contributed by atoms with Crippen molar-refractivity contribution in [1.82, 2.24) is 20.0 Å². The van der Waals surface area contributed by atoms with Crippen molar-refractivity contribution >= 4 is 6.09 Å². The zero-order chi connectivity index (χ0) is 15.2. The average Bonchev–Trinajstić information content (AvgIpc) is 3.22. The summed E-state index contributed by atoms with van der Waals surface area (Å²) in [7, 11) is 1.78. The third kappa shape index (κ3) is 2.27. The quantitative estimate of drug-likeness (QED) is 0.934. The van der Waals surface area contributed by atoms with E-state index in [9.17, 15) is 4.79 Å². The van der Waals surface area contributed by atoms with E-state index < -0.39 is 0 Å². The van der Waals surface area contributed by atoms with Gasteiger partial charge in [-0.2, -0.15) is 5.10 Å². The number of ether oxygens (including phenoxy) is 1. The fourth-order valence-corrected chi connectivity index (χ4v) is 3.29. The van der Waals surface area contributed by atoms with E-state index in [1.54, 1.807) is 18.1 Å². The molecular formula is C15H18N4O3. The predicted molar refractivity (Wildman–Crippen MR) is 78.0 cm³/mol. The van der Waals surface area contributed by atoms with Crippen molar-refractivity contribution in [3.63, 3.8) is 0 Å². The molecule has 2 aliphatic heterocycles. The lowest BCUT2D eigenvalue weighted by Crippen LogP contribution is -2.36. The first kappa shape index (κ1) is 13.4.